The Labute approximate surface area is 241 Å². The van der Waals surface area contributed by atoms with Crippen LogP contribution in [-0.4, -0.2) is 94.2 Å². The molecule has 0 spiro atoms. The number of piperidine rings is 1. The van der Waals surface area contributed by atoms with Gasteiger partial charge in [-0.1, -0.05) is 6.07 Å². The zero-order valence-electron chi connectivity index (χ0n) is 23.1. The van der Waals surface area contributed by atoms with Crippen LogP contribution in [0.15, 0.2) is 43.0 Å². The maximum atomic E-state index is 14.6. The number of fused-ring (bicyclic) bond motifs is 3. The van der Waals surface area contributed by atoms with Crippen LogP contribution in [0, 0.1) is 17.3 Å². The maximum Gasteiger partial charge on any atom is 0.251 e. The Morgan fingerprint density at radius 3 is 2.74 bits per heavy atom. The van der Waals surface area contributed by atoms with E-state index in [4.69, 9.17) is 24.2 Å². The van der Waals surface area contributed by atoms with E-state index in [0.717, 1.165) is 44.0 Å². The summed E-state index contributed by atoms with van der Waals surface area (Å²) in [5.74, 6) is 1.02. The normalized spacial score (nSPS) is 22.0. The minimum absolute atomic E-state index is 0.0967. The minimum Gasteiger partial charge on any atom is -0.489 e. The summed E-state index contributed by atoms with van der Waals surface area (Å²) >= 11 is 0. The van der Waals surface area contributed by atoms with Gasteiger partial charge in [0.2, 0.25) is 5.88 Å². The fourth-order valence-electron chi connectivity index (χ4n) is 6.01. The van der Waals surface area contributed by atoms with Gasteiger partial charge in [-0.25, -0.2) is 14.5 Å². The second kappa shape index (κ2) is 11.1. The predicted molar refractivity (Wildman–Crippen MR) is 150 cm³/mol. The van der Waals surface area contributed by atoms with Crippen LogP contribution in [0.5, 0.6) is 11.6 Å². The van der Waals surface area contributed by atoms with Crippen LogP contribution in [-0.2, 0) is 11.3 Å². The van der Waals surface area contributed by atoms with Gasteiger partial charge in [-0.3, -0.25) is 9.88 Å². The Kier molecular flexibility index (Phi) is 7.02. The highest BCUT2D eigenvalue weighted by Gasteiger charge is 2.44. The van der Waals surface area contributed by atoms with E-state index in [0.29, 0.717) is 60.2 Å². The molecule has 0 aliphatic carbocycles. The summed E-state index contributed by atoms with van der Waals surface area (Å²) < 4.78 is 32.8. The van der Waals surface area contributed by atoms with Crippen molar-refractivity contribution in [3.8, 4) is 29.0 Å². The number of rotatable bonds is 8. The van der Waals surface area contributed by atoms with Gasteiger partial charge >= 0.3 is 0 Å². The van der Waals surface area contributed by atoms with Gasteiger partial charge in [0.15, 0.2) is 0 Å². The summed E-state index contributed by atoms with van der Waals surface area (Å²) in [7, 11) is 1.62. The molecule has 42 heavy (non-hydrogen) atoms. The third-order valence-electron chi connectivity index (χ3n) is 8.17. The minimum atomic E-state index is -0.845. The molecule has 4 aliphatic rings. The van der Waals surface area contributed by atoms with E-state index in [1.165, 1.54) is 4.52 Å². The molecule has 0 radical (unpaired) electrons. The predicted octanol–water partition coefficient (Wildman–Crippen LogP) is 2.04. The third-order valence-corrected chi connectivity index (χ3v) is 8.17. The van der Waals surface area contributed by atoms with Crippen LogP contribution in [0.1, 0.15) is 17.5 Å². The molecule has 4 saturated heterocycles. The lowest BCUT2D eigenvalue weighted by atomic mass is 9.87. The lowest BCUT2D eigenvalue weighted by Gasteiger charge is -2.56. The van der Waals surface area contributed by atoms with Gasteiger partial charge in [-0.2, -0.15) is 9.65 Å². The highest BCUT2D eigenvalue weighted by Crippen LogP contribution is 2.36. The quantitative estimate of drug-likeness (QED) is 0.334. The Morgan fingerprint density at radius 1 is 1.17 bits per heavy atom. The average molecular weight is 572 g/mol. The van der Waals surface area contributed by atoms with Crippen molar-refractivity contribution < 1.29 is 18.6 Å². The molecular formula is C29H30FN9O3. The smallest absolute Gasteiger partial charge is 0.251 e. The number of piperazine rings is 1. The molecule has 0 saturated carbocycles. The number of halogens is 1. The van der Waals surface area contributed by atoms with Gasteiger partial charge < -0.3 is 24.4 Å². The first kappa shape index (κ1) is 26.5. The second-order valence-corrected chi connectivity index (χ2v) is 10.8. The number of hydrogen-bond acceptors (Lipinski definition) is 11. The maximum absolute atomic E-state index is 14.6. The van der Waals surface area contributed by atoms with Gasteiger partial charge in [-0.15, -0.1) is 5.10 Å². The average Bonchev–Trinajstić information content (AvgIpc) is 3.37. The topological polar surface area (TPSA) is 126 Å². The highest BCUT2D eigenvalue weighted by molar-refractivity contribution is 5.83. The molecule has 4 aromatic heterocycles. The second-order valence-electron chi connectivity index (χ2n) is 10.8. The van der Waals surface area contributed by atoms with E-state index in [2.05, 4.69) is 31.3 Å². The molecule has 216 valence electrons. The summed E-state index contributed by atoms with van der Waals surface area (Å²) in [4.78, 5) is 18.5. The van der Waals surface area contributed by atoms with Crippen molar-refractivity contribution in [2.75, 3.05) is 51.4 Å². The van der Waals surface area contributed by atoms with Crippen molar-refractivity contribution in [3.05, 3.63) is 60.1 Å². The summed E-state index contributed by atoms with van der Waals surface area (Å²) in [6.07, 6.45) is 7.89. The summed E-state index contributed by atoms with van der Waals surface area (Å²) in [5.41, 5.74) is 2.35. The number of anilines is 1. The Morgan fingerprint density at radius 2 is 2.05 bits per heavy atom. The van der Waals surface area contributed by atoms with E-state index < -0.39 is 5.95 Å². The number of aromatic nitrogens is 5. The molecule has 4 aliphatic heterocycles. The SMILES string of the molecule is COc1ccc(CN2C3CC2CN(c2cnc(-c4cc(OCC5CNCCO5)cn5nc(F)c(C#N)c45)cn2)C3)cn1. The molecule has 0 aromatic carbocycles. The fourth-order valence-corrected chi connectivity index (χ4v) is 6.01. The van der Waals surface area contributed by atoms with Crippen molar-refractivity contribution in [1.29, 1.82) is 5.26 Å². The summed E-state index contributed by atoms with van der Waals surface area (Å²) in [5, 5.41) is 16.8. The van der Waals surface area contributed by atoms with E-state index >= 15 is 0 Å². The molecule has 3 atom stereocenters. The van der Waals surface area contributed by atoms with E-state index in [1.807, 2.05) is 18.3 Å². The van der Waals surface area contributed by atoms with Crippen molar-refractivity contribution in [2.45, 2.75) is 31.2 Å². The number of hydrogen-bond donors (Lipinski definition) is 1. The van der Waals surface area contributed by atoms with Gasteiger partial charge in [0.05, 0.1) is 43.5 Å². The van der Waals surface area contributed by atoms with Gasteiger partial charge in [0, 0.05) is 62.6 Å². The van der Waals surface area contributed by atoms with Gasteiger partial charge in [0.25, 0.3) is 5.95 Å². The largest absolute Gasteiger partial charge is 0.489 e. The molecule has 1 N–H and O–H groups in total. The monoisotopic (exact) mass is 571 g/mol. The standard InChI is InChI=1S/C29H30FN9O3/c1-40-27-3-2-18(9-35-27)13-38-19-6-20(38)15-37(14-19)26-12-33-25(11-34-26)23-7-21(42-17-22-10-32-4-5-41-22)16-39-28(23)24(8-31)29(30)36-39/h2-3,7,9,11-12,16,19-20,22,32H,4-6,10,13-15,17H2,1H3. The molecule has 8 heterocycles. The molecule has 0 amide bonds. The van der Waals surface area contributed by atoms with Crippen molar-refractivity contribution in [2.24, 2.45) is 0 Å². The lowest BCUT2D eigenvalue weighted by Crippen LogP contribution is -2.68. The first-order valence-electron chi connectivity index (χ1n) is 14.0. The number of morpholine rings is 1. The van der Waals surface area contributed by atoms with Crippen molar-refractivity contribution >= 4 is 11.3 Å². The summed E-state index contributed by atoms with van der Waals surface area (Å²) in [6.45, 7) is 4.99. The number of nitrogens with one attached hydrogen (secondary N) is 1. The highest BCUT2D eigenvalue weighted by atomic mass is 19.1. The van der Waals surface area contributed by atoms with E-state index in [1.54, 1.807) is 31.8 Å². The first-order chi connectivity index (χ1) is 20.6. The number of methoxy groups -OCH3 is 1. The van der Waals surface area contributed by atoms with Crippen LogP contribution in [0.4, 0.5) is 10.2 Å². The molecule has 8 rings (SSSR count). The molecule has 4 fully saturated rings. The van der Waals surface area contributed by atoms with Crippen LogP contribution >= 0.6 is 0 Å². The van der Waals surface area contributed by atoms with E-state index in [9.17, 15) is 9.65 Å². The van der Waals surface area contributed by atoms with Crippen molar-refractivity contribution in [3.63, 3.8) is 0 Å². The van der Waals surface area contributed by atoms with Crippen LogP contribution in [0.2, 0.25) is 0 Å². The third kappa shape index (κ3) is 4.98. The number of nitriles is 1. The molecule has 13 heteroatoms. The molecule has 3 unspecified atom stereocenters. The number of ether oxygens (including phenoxy) is 3. The van der Waals surface area contributed by atoms with Crippen LogP contribution in [0.3, 0.4) is 0 Å². The molecule has 2 bridgehead atoms. The Balaban J connectivity index is 1.08. The summed E-state index contributed by atoms with van der Waals surface area (Å²) in [6, 6.07) is 8.49. The van der Waals surface area contributed by atoms with Gasteiger partial charge in [-0.05, 0) is 18.1 Å². The zero-order valence-corrected chi connectivity index (χ0v) is 23.1. The molecule has 4 aromatic rings. The number of pyridine rings is 2. The molecular weight excluding hydrogens is 541 g/mol. The van der Waals surface area contributed by atoms with Crippen LogP contribution < -0.4 is 19.7 Å². The fraction of sp³-hybridized carbons (Fsp3) is 0.414. The van der Waals surface area contributed by atoms with E-state index in [-0.39, 0.29) is 11.7 Å². The van der Waals surface area contributed by atoms with Gasteiger partial charge in [0.1, 0.15) is 35.9 Å². The molecule has 12 nitrogen and oxygen atoms in total. The number of nitrogens with zero attached hydrogens (tertiary/aromatic N) is 8. The van der Waals surface area contributed by atoms with Crippen molar-refractivity contribution in [1.82, 2.24) is 34.8 Å². The zero-order chi connectivity index (χ0) is 28.6. The lowest BCUT2D eigenvalue weighted by molar-refractivity contribution is -0.00879. The Bertz CT molecular complexity index is 1600. The Hall–Kier alpha value is -4.38. The van der Waals surface area contributed by atoms with Crippen LogP contribution in [0.25, 0.3) is 16.8 Å². The first-order valence-corrected chi connectivity index (χ1v) is 14.0.